The van der Waals surface area contributed by atoms with Crippen LogP contribution in [0.1, 0.15) is 29.5 Å². The third-order valence-electron chi connectivity index (χ3n) is 5.23. The van der Waals surface area contributed by atoms with E-state index in [0.29, 0.717) is 17.9 Å². The number of methoxy groups -OCH3 is 1. The van der Waals surface area contributed by atoms with Crippen molar-refractivity contribution in [1.82, 2.24) is 5.32 Å². The molecule has 1 heterocycles. The molecular formula is C22H23NO5. The zero-order chi connectivity index (χ0) is 19.6. The molecule has 0 radical (unpaired) electrons. The zero-order valence-electron chi connectivity index (χ0n) is 15.7. The zero-order valence-corrected chi connectivity index (χ0v) is 15.7. The van der Waals surface area contributed by atoms with Crippen molar-refractivity contribution in [1.29, 1.82) is 0 Å². The maximum atomic E-state index is 12.3. The molecule has 1 aliphatic heterocycles. The highest BCUT2D eigenvalue weighted by atomic mass is 16.7. The highest BCUT2D eigenvalue weighted by molar-refractivity contribution is 5.91. The van der Waals surface area contributed by atoms with Crippen LogP contribution >= 0.6 is 0 Å². The SMILES string of the molecule is COc1ccc2c(c1)CCCC2(O)CNC(=O)/C=C/c1ccc2c(c1)OCO2. The van der Waals surface area contributed by atoms with Crippen molar-refractivity contribution in [3.8, 4) is 17.2 Å². The molecule has 4 rings (SSSR count). The highest BCUT2D eigenvalue weighted by Crippen LogP contribution is 2.36. The summed E-state index contributed by atoms with van der Waals surface area (Å²) in [6, 6.07) is 11.2. The van der Waals surface area contributed by atoms with Crippen molar-refractivity contribution in [3.05, 3.63) is 59.2 Å². The molecule has 1 aliphatic carbocycles. The third-order valence-corrected chi connectivity index (χ3v) is 5.23. The number of fused-ring (bicyclic) bond motifs is 2. The molecule has 6 nitrogen and oxygen atoms in total. The van der Waals surface area contributed by atoms with E-state index in [2.05, 4.69) is 5.32 Å². The number of aryl methyl sites for hydroxylation is 1. The van der Waals surface area contributed by atoms with Gasteiger partial charge in [0, 0.05) is 6.08 Å². The summed E-state index contributed by atoms with van der Waals surface area (Å²) in [5.41, 5.74) is 1.70. The van der Waals surface area contributed by atoms with Crippen LogP contribution in [0.4, 0.5) is 0 Å². The minimum atomic E-state index is -1.07. The van der Waals surface area contributed by atoms with Gasteiger partial charge >= 0.3 is 0 Å². The molecular weight excluding hydrogens is 358 g/mol. The fraction of sp³-hybridized carbons (Fsp3) is 0.318. The third kappa shape index (κ3) is 3.68. The van der Waals surface area contributed by atoms with Crippen LogP contribution in [0.25, 0.3) is 6.08 Å². The second kappa shape index (κ2) is 7.56. The summed E-state index contributed by atoms with van der Waals surface area (Å²) in [5.74, 6) is 1.90. The van der Waals surface area contributed by atoms with Gasteiger partial charge in [0.25, 0.3) is 0 Å². The lowest BCUT2D eigenvalue weighted by molar-refractivity contribution is -0.118. The molecule has 2 aromatic carbocycles. The fourth-order valence-electron chi connectivity index (χ4n) is 3.73. The van der Waals surface area contributed by atoms with E-state index in [1.165, 1.54) is 6.08 Å². The standard InChI is InChI=1S/C22H23NO5/c1-26-17-6-7-18-16(12-17)3-2-10-22(18,25)13-23-21(24)9-5-15-4-8-19-20(11-15)28-14-27-19/h4-9,11-12,25H,2-3,10,13-14H2,1H3,(H,23,24)/b9-5+. The maximum absolute atomic E-state index is 12.3. The van der Waals surface area contributed by atoms with Gasteiger partial charge in [-0.05, 0) is 66.3 Å². The van der Waals surface area contributed by atoms with Gasteiger partial charge < -0.3 is 24.6 Å². The van der Waals surface area contributed by atoms with Gasteiger partial charge in [-0.1, -0.05) is 12.1 Å². The second-order valence-electron chi connectivity index (χ2n) is 7.07. The number of hydrogen-bond acceptors (Lipinski definition) is 5. The number of ether oxygens (including phenoxy) is 3. The van der Waals surface area contributed by atoms with E-state index in [1.54, 1.807) is 13.2 Å². The molecule has 6 heteroatoms. The Bertz CT molecular complexity index is 923. The summed E-state index contributed by atoms with van der Waals surface area (Å²) in [6.45, 7) is 0.381. The smallest absolute Gasteiger partial charge is 0.244 e. The lowest BCUT2D eigenvalue weighted by atomic mass is 9.79. The van der Waals surface area contributed by atoms with Gasteiger partial charge in [0.2, 0.25) is 12.7 Å². The van der Waals surface area contributed by atoms with E-state index < -0.39 is 5.60 Å². The van der Waals surface area contributed by atoms with Gasteiger partial charge in [0.1, 0.15) is 11.4 Å². The number of benzene rings is 2. The molecule has 1 amide bonds. The molecule has 0 aromatic heterocycles. The first-order chi connectivity index (χ1) is 13.6. The number of carbonyl (C=O) groups excluding carboxylic acids is 1. The Labute approximate surface area is 163 Å². The van der Waals surface area contributed by atoms with E-state index in [1.807, 2.05) is 36.4 Å². The molecule has 0 fully saturated rings. The fourth-order valence-corrected chi connectivity index (χ4v) is 3.73. The molecule has 1 atom stereocenters. The van der Waals surface area contributed by atoms with Crippen LogP contribution in [0.2, 0.25) is 0 Å². The summed E-state index contributed by atoms with van der Waals surface area (Å²) in [5, 5.41) is 13.9. The van der Waals surface area contributed by atoms with Gasteiger partial charge in [0.05, 0.1) is 13.7 Å². The summed E-state index contributed by atoms with van der Waals surface area (Å²) < 4.78 is 15.9. The molecule has 2 aliphatic rings. The Hall–Kier alpha value is -2.99. The van der Waals surface area contributed by atoms with E-state index in [-0.39, 0.29) is 19.2 Å². The number of amides is 1. The average molecular weight is 381 g/mol. The molecule has 2 N–H and O–H groups in total. The number of aliphatic hydroxyl groups is 1. The summed E-state index contributed by atoms with van der Waals surface area (Å²) in [4.78, 5) is 12.3. The molecule has 28 heavy (non-hydrogen) atoms. The van der Waals surface area contributed by atoms with E-state index in [4.69, 9.17) is 14.2 Å². The molecule has 2 aromatic rings. The van der Waals surface area contributed by atoms with Gasteiger partial charge in [-0.15, -0.1) is 0 Å². The molecule has 1 unspecified atom stereocenters. The topological polar surface area (TPSA) is 77.0 Å². The molecule has 0 bridgehead atoms. The molecule has 0 spiro atoms. The van der Waals surface area contributed by atoms with Gasteiger partial charge in [0.15, 0.2) is 11.5 Å². The minimum absolute atomic E-state index is 0.163. The number of rotatable bonds is 5. The predicted octanol–water partition coefficient (Wildman–Crippen LogP) is 2.78. The summed E-state index contributed by atoms with van der Waals surface area (Å²) in [6.07, 6.45) is 5.53. The van der Waals surface area contributed by atoms with Crippen LogP contribution in [0.5, 0.6) is 17.2 Å². The van der Waals surface area contributed by atoms with Crippen LogP contribution in [-0.2, 0) is 16.8 Å². The minimum Gasteiger partial charge on any atom is -0.497 e. The van der Waals surface area contributed by atoms with Crippen LogP contribution in [0.3, 0.4) is 0 Å². The first-order valence-electron chi connectivity index (χ1n) is 9.33. The lowest BCUT2D eigenvalue weighted by Crippen LogP contribution is -2.42. The lowest BCUT2D eigenvalue weighted by Gasteiger charge is -2.34. The molecule has 146 valence electrons. The van der Waals surface area contributed by atoms with Crippen molar-refractivity contribution in [2.75, 3.05) is 20.4 Å². The Morgan fingerprint density at radius 3 is 2.96 bits per heavy atom. The van der Waals surface area contributed by atoms with Crippen molar-refractivity contribution in [2.45, 2.75) is 24.9 Å². The van der Waals surface area contributed by atoms with Gasteiger partial charge in [-0.25, -0.2) is 0 Å². The van der Waals surface area contributed by atoms with Crippen molar-refractivity contribution >= 4 is 12.0 Å². The quantitative estimate of drug-likeness (QED) is 0.779. The Kier molecular flexibility index (Phi) is 4.96. The van der Waals surface area contributed by atoms with Gasteiger partial charge in [-0.2, -0.15) is 0 Å². The first-order valence-corrected chi connectivity index (χ1v) is 9.33. The first kappa shape index (κ1) is 18.4. The van der Waals surface area contributed by atoms with Crippen molar-refractivity contribution in [3.63, 3.8) is 0 Å². The second-order valence-corrected chi connectivity index (χ2v) is 7.07. The van der Waals surface area contributed by atoms with E-state index in [0.717, 1.165) is 35.3 Å². The van der Waals surface area contributed by atoms with E-state index >= 15 is 0 Å². The van der Waals surface area contributed by atoms with Crippen molar-refractivity contribution in [2.24, 2.45) is 0 Å². The van der Waals surface area contributed by atoms with Crippen LogP contribution in [0, 0.1) is 0 Å². The summed E-state index contributed by atoms with van der Waals surface area (Å²) in [7, 11) is 1.63. The van der Waals surface area contributed by atoms with Crippen molar-refractivity contribution < 1.29 is 24.1 Å². The van der Waals surface area contributed by atoms with E-state index in [9.17, 15) is 9.90 Å². The van der Waals surface area contributed by atoms with Crippen LogP contribution < -0.4 is 19.5 Å². The monoisotopic (exact) mass is 381 g/mol. The average Bonchev–Trinajstić information content (AvgIpc) is 3.18. The largest absolute Gasteiger partial charge is 0.497 e. The van der Waals surface area contributed by atoms with Crippen LogP contribution in [-0.4, -0.2) is 31.5 Å². The predicted molar refractivity (Wildman–Crippen MR) is 104 cm³/mol. The number of carbonyl (C=O) groups is 1. The Morgan fingerprint density at radius 1 is 1.25 bits per heavy atom. The van der Waals surface area contributed by atoms with Gasteiger partial charge in [-0.3, -0.25) is 4.79 Å². The Morgan fingerprint density at radius 2 is 2.11 bits per heavy atom. The highest BCUT2D eigenvalue weighted by Gasteiger charge is 2.34. The number of nitrogens with one attached hydrogen (secondary N) is 1. The number of hydrogen-bond donors (Lipinski definition) is 2. The van der Waals surface area contributed by atoms with Crippen LogP contribution in [0.15, 0.2) is 42.5 Å². The molecule has 0 saturated heterocycles. The maximum Gasteiger partial charge on any atom is 0.244 e. The molecule has 0 saturated carbocycles. The Balaban J connectivity index is 1.41. The summed E-state index contributed by atoms with van der Waals surface area (Å²) >= 11 is 0. The normalized spacial score (nSPS) is 20.1.